The van der Waals surface area contributed by atoms with E-state index in [1.165, 1.54) is 16.2 Å². The summed E-state index contributed by atoms with van der Waals surface area (Å²) < 4.78 is 0. The number of anilines is 1. The molecule has 1 aromatic heterocycles. The first-order chi connectivity index (χ1) is 14.2. The molecule has 0 radical (unpaired) electrons. The van der Waals surface area contributed by atoms with Crippen molar-refractivity contribution < 1.29 is 4.79 Å². The van der Waals surface area contributed by atoms with E-state index in [-0.39, 0.29) is 5.91 Å². The molecule has 0 bridgehead atoms. The predicted octanol–water partition coefficient (Wildman–Crippen LogP) is 6.40. The number of thioether (sulfide) groups is 1. The molecule has 1 heterocycles. The van der Waals surface area contributed by atoms with Crippen molar-refractivity contribution in [3.05, 3.63) is 95.0 Å². The van der Waals surface area contributed by atoms with Gasteiger partial charge in [0.05, 0.1) is 0 Å². The summed E-state index contributed by atoms with van der Waals surface area (Å²) in [6.45, 7) is 0. The number of nitrogens with one attached hydrogen (secondary N) is 1. The second-order valence-electron chi connectivity index (χ2n) is 6.17. The van der Waals surface area contributed by atoms with Crippen molar-refractivity contribution >= 4 is 45.7 Å². The lowest BCUT2D eigenvalue weighted by molar-refractivity contribution is 0.102. The van der Waals surface area contributed by atoms with Crippen molar-refractivity contribution in [1.29, 1.82) is 0 Å². The molecular formula is C22H16ClN3OS2. The lowest BCUT2D eigenvalue weighted by atomic mass is 10.1. The molecule has 0 aliphatic heterocycles. The van der Waals surface area contributed by atoms with Gasteiger partial charge in [0.25, 0.3) is 5.91 Å². The predicted molar refractivity (Wildman–Crippen MR) is 121 cm³/mol. The van der Waals surface area contributed by atoms with Crippen molar-refractivity contribution in [2.75, 3.05) is 5.32 Å². The average molecular weight is 438 g/mol. The standard InChI is InChI=1S/C22H16ClN3OS2/c23-18-12-10-17(11-13-18)21-25-26-22(29-21)24-20(27)16-8-6-15(7-9-16)14-28-19-4-2-1-3-5-19/h1-13H,14H2,(H,24,26,27). The van der Waals surface area contributed by atoms with Crippen LogP contribution in [0.1, 0.15) is 15.9 Å². The summed E-state index contributed by atoms with van der Waals surface area (Å²) in [5.41, 5.74) is 2.66. The minimum atomic E-state index is -0.203. The van der Waals surface area contributed by atoms with Gasteiger partial charge in [-0.15, -0.1) is 22.0 Å². The van der Waals surface area contributed by atoms with E-state index in [0.717, 1.165) is 21.9 Å². The highest BCUT2D eigenvalue weighted by molar-refractivity contribution is 7.98. The highest BCUT2D eigenvalue weighted by Crippen LogP contribution is 2.28. The number of nitrogens with zero attached hydrogens (tertiary/aromatic N) is 2. The van der Waals surface area contributed by atoms with E-state index in [4.69, 9.17) is 11.6 Å². The minimum absolute atomic E-state index is 0.203. The van der Waals surface area contributed by atoms with Gasteiger partial charge in [-0.25, -0.2) is 0 Å². The molecule has 0 unspecified atom stereocenters. The molecule has 0 spiro atoms. The maximum absolute atomic E-state index is 12.5. The molecule has 144 valence electrons. The molecule has 7 heteroatoms. The van der Waals surface area contributed by atoms with Crippen LogP contribution in [-0.2, 0) is 5.75 Å². The van der Waals surface area contributed by atoms with Crippen LogP contribution < -0.4 is 5.32 Å². The van der Waals surface area contributed by atoms with Gasteiger partial charge in [-0.1, -0.05) is 65.4 Å². The molecule has 0 aliphatic rings. The molecule has 0 saturated carbocycles. The van der Waals surface area contributed by atoms with Crippen LogP contribution in [0.25, 0.3) is 10.6 Å². The van der Waals surface area contributed by atoms with Gasteiger partial charge in [-0.3, -0.25) is 10.1 Å². The van der Waals surface area contributed by atoms with Gasteiger partial charge in [-0.2, -0.15) is 0 Å². The van der Waals surface area contributed by atoms with Crippen LogP contribution in [0.3, 0.4) is 0 Å². The average Bonchev–Trinajstić information content (AvgIpc) is 3.22. The van der Waals surface area contributed by atoms with E-state index in [9.17, 15) is 4.79 Å². The summed E-state index contributed by atoms with van der Waals surface area (Å²) in [5.74, 6) is 0.651. The van der Waals surface area contributed by atoms with Gasteiger partial charge >= 0.3 is 0 Å². The SMILES string of the molecule is O=C(Nc1nnc(-c2ccc(Cl)cc2)s1)c1ccc(CSc2ccccc2)cc1. The van der Waals surface area contributed by atoms with Crippen LogP contribution in [-0.4, -0.2) is 16.1 Å². The number of carbonyl (C=O) groups excluding carboxylic acids is 1. The summed E-state index contributed by atoms with van der Waals surface area (Å²) in [6, 6.07) is 25.2. The monoisotopic (exact) mass is 437 g/mol. The quantitative estimate of drug-likeness (QED) is 0.354. The zero-order valence-electron chi connectivity index (χ0n) is 15.2. The van der Waals surface area contributed by atoms with E-state index >= 15 is 0 Å². The van der Waals surface area contributed by atoms with Crippen LogP contribution in [0.4, 0.5) is 5.13 Å². The largest absolute Gasteiger partial charge is 0.296 e. The Hall–Kier alpha value is -2.67. The highest BCUT2D eigenvalue weighted by Gasteiger charge is 2.11. The van der Waals surface area contributed by atoms with Crippen LogP contribution in [0.2, 0.25) is 5.02 Å². The van der Waals surface area contributed by atoms with Gasteiger partial charge in [0.2, 0.25) is 5.13 Å². The van der Waals surface area contributed by atoms with E-state index in [2.05, 4.69) is 27.6 Å². The van der Waals surface area contributed by atoms with Crippen LogP contribution in [0.5, 0.6) is 0 Å². The molecule has 4 aromatic rings. The summed E-state index contributed by atoms with van der Waals surface area (Å²) in [4.78, 5) is 13.7. The molecule has 1 N–H and O–H groups in total. The molecule has 4 rings (SSSR count). The number of rotatable bonds is 6. The van der Waals surface area contributed by atoms with E-state index in [0.29, 0.717) is 15.7 Å². The van der Waals surface area contributed by atoms with Crippen LogP contribution in [0, 0.1) is 0 Å². The Bertz CT molecular complexity index is 1100. The fourth-order valence-electron chi connectivity index (χ4n) is 2.59. The zero-order chi connectivity index (χ0) is 20.1. The Morgan fingerprint density at radius 3 is 2.38 bits per heavy atom. The Morgan fingerprint density at radius 2 is 1.66 bits per heavy atom. The summed E-state index contributed by atoms with van der Waals surface area (Å²) in [7, 11) is 0. The first-order valence-corrected chi connectivity index (χ1v) is 11.0. The molecule has 3 aromatic carbocycles. The Balaban J connectivity index is 1.37. The second kappa shape index (κ2) is 9.22. The molecular weight excluding hydrogens is 422 g/mol. The van der Waals surface area contributed by atoms with Crippen molar-refractivity contribution in [3.8, 4) is 10.6 Å². The van der Waals surface area contributed by atoms with Gasteiger partial charge < -0.3 is 0 Å². The highest BCUT2D eigenvalue weighted by atomic mass is 35.5. The van der Waals surface area contributed by atoms with E-state index in [1.807, 2.05) is 54.6 Å². The second-order valence-corrected chi connectivity index (χ2v) is 8.63. The molecule has 0 fully saturated rings. The molecule has 4 nitrogen and oxygen atoms in total. The number of carbonyl (C=O) groups is 1. The summed E-state index contributed by atoms with van der Waals surface area (Å²) in [6.07, 6.45) is 0. The molecule has 0 aliphatic carbocycles. The Kier molecular flexibility index (Phi) is 6.24. The van der Waals surface area contributed by atoms with Gasteiger partial charge in [0.1, 0.15) is 5.01 Å². The topological polar surface area (TPSA) is 54.9 Å². The number of aromatic nitrogens is 2. The number of hydrogen-bond acceptors (Lipinski definition) is 5. The normalized spacial score (nSPS) is 10.7. The fraction of sp³-hybridized carbons (Fsp3) is 0.0455. The maximum atomic E-state index is 12.5. The maximum Gasteiger partial charge on any atom is 0.257 e. The first-order valence-electron chi connectivity index (χ1n) is 8.85. The molecule has 0 saturated heterocycles. The van der Waals surface area contributed by atoms with Crippen LogP contribution in [0.15, 0.2) is 83.8 Å². The van der Waals surface area contributed by atoms with Gasteiger partial charge in [0.15, 0.2) is 0 Å². The molecule has 0 atom stereocenters. The Labute approximate surface area is 182 Å². The van der Waals surface area contributed by atoms with Crippen molar-refractivity contribution in [2.24, 2.45) is 0 Å². The van der Waals surface area contributed by atoms with Crippen molar-refractivity contribution in [3.63, 3.8) is 0 Å². The number of amides is 1. The lowest BCUT2D eigenvalue weighted by Gasteiger charge is -2.04. The van der Waals surface area contributed by atoms with Crippen LogP contribution >= 0.6 is 34.7 Å². The Morgan fingerprint density at radius 1 is 0.931 bits per heavy atom. The lowest BCUT2D eigenvalue weighted by Crippen LogP contribution is -2.11. The molecule has 1 amide bonds. The minimum Gasteiger partial charge on any atom is -0.296 e. The third-order valence-corrected chi connectivity index (χ3v) is 6.32. The third kappa shape index (κ3) is 5.23. The number of benzene rings is 3. The zero-order valence-corrected chi connectivity index (χ0v) is 17.6. The third-order valence-electron chi connectivity index (χ3n) is 4.10. The van der Waals surface area contributed by atoms with E-state index in [1.54, 1.807) is 23.9 Å². The van der Waals surface area contributed by atoms with Gasteiger partial charge in [-0.05, 0) is 42.0 Å². The van der Waals surface area contributed by atoms with Crippen molar-refractivity contribution in [2.45, 2.75) is 10.6 Å². The molecule has 29 heavy (non-hydrogen) atoms. The first kappa shape index (κ1) is 19.6. The summed E-state index contributed by atoms with van der Waals surface area (Å²) >= 11 is 9.00. The fourth-order valence-corrected chi connectivity index (χ4v) is 4.33. The number of hydrogen-bond donors (Lipinski definition) is 1. The smallest absolute Gasteiger partial charge is 0.257 e. The van der Waals surface area contributed by atoms with Crippen molar-refractivity contribution in [1.82, 2.24) is 10.2 Å². The van der Waals surface area contributed by atoms with E-state index < -0.39 is 0 Å². The van der Waals surface area contributed by atoms with Gasteiger partial charge in [0, 0.05) is 26.8 Å². The summed E-state index contributed by atoms with van der Waals surface area (Å²) in [5, 5.41) is 12.9. The number of halogens is 1.